The van der Waals surface area contributed by atoms with E-state index in [4.69, 9.17) is 5.11 Å². The number of carboxylic acid groups (broad SMARTS) is 1. The van der Waals surface area contributed by atoms with Crippen molar-refractivity contribution in [2.45, 2.75) is 25.9 Å². The van der Waals surface area contributed by atoms with E-state index in [9.17, 15) is 22.8 Å². The average Bonchev–Trinajstić information content (AvgIpc) is 2.95. The first-order valence-corrected chi connectivity index (χ1v) is 7.36. The highest BCUT2D eigenvalue weighted by Gasteiger charge is 2.33. The zero-order valence-corrected chi connectivity index (χ0v) is 12.6. The smallest absolute Gasteiger partial charge is 0.416 e. The summed E-state index contributed by atoms with van der Waals surface area (Å²) < 4.78 is 38.1. The quantitative estimate of drug-likeness (QED) is 0.924. The van der Waals surface area contributed by atoms with Crippen molar-refractivity contribution in [2.75, 3.05) is 13.1 Å². The van der Waals surface area contributed by atoms with Crippen LogP contribution < -0.4 is 0 Å². The minimum atomic E-state index is -4.41. The number of carboxylic acids is 1. The number of hydrogen-bond acceptors (Lipinski definition) is 2. The van der Waals surface area contributed by atoms with Crippen molar-refractivity contribution >= 4 is 11.9 Å². The SMILES string of the molecule is C[C@H](Cc1cccc(C(F)(F)F)c1)C(=O)N1CC[C@H](C(=O)O)C1. The lowest BCUT2D eigenvalue weighted by Gasteiger charge is -2.21. The fourth-order valence-electron chi connectivity index (χ4n) is 2.79. The maximum atomic E-state index is 12.7. The highest BCUT2D eigenvalue weighted by atomic mass is 19.4. The summed E-state index contributed by atoms with van der Waals surface area (Å²) in [6, 6.07) is 4.93. The van der Waals surface area contributed by atoms with Gasteiger partial charge in [0.15, 0.2) is 0 Å². The van der Waals surface area contributed by atoms with Gasteiger partial charge in [0.1, 0.15) is 0 Å². The van der Waals surface area contributed by atoms with Crippen LogP contribution in [0.3, 0.4) is 0 Å². The van der Waals surface area contributed by atoms with Crippen molar-refractivity contribution in [1.29, 1.82) is 0 Å². The number of aliphatic carboxylic acids is 1. The fourth-order valence-corrected chi connectivity index (χ4v) is 2.79. The summed E-state index contributed by atoms with van der Waals surface area (Å²) in [5, 5.41) is 8.95. The Bertz CT molecular complexity index is 600. The normalized spacial score (nSPS) is 19.7. The molecular formula is C16H18F3NO3. The molecule has 0 bridgehead atoms. The molecule has 1 fully saturated rings. The van der Waals surface area contributed by atoms with Crippen molar-refractivity contribution in [3.05, 3.63) is 35.4 Å². The van der Waals surface area contributed by atoms with Gasteiger partial charge in [-0.25, -0.2) is 0 Å². The van der Waals surface area contributed by atoms with Gasteiger partial charge < -0.3 is 10.0 Å². The highest BCUT2D eigenvalue weighted by molar-refractivity contribution is 5.80. The third-order valence-electron chi connectivity index (χ3n) is 4.07. The Morgan fingerprint density at radius 3 is 2.65 bits per heavy atom. The largest absolute Gasteiger partial charge is 0.481 e. The molecule has 1 heterocycles. The number of likely N-dealkylation sites (tertiary alicyclic amines) is 1. The molecular weight excluding hydrogens is 311 g/mol. The second-order valence-electron chi connectivity index (χ2n) is 5.91. The lowest BCUT2D eigenvalue weighted by Crippen LogP contribution is -2.34. The average molecular weight is 329 g/mol. The lowest BCUT2D eigenvalue weighted by molar-refractivity contribution is -0.141. The van der Waals surface area contributed by atoms with Crippen LogP contribution in [0.1, 0.15) is 24.5 Å². The first-order chi connectivity index (χ1) is 10.7. The number of amides is 1. The Balaban J connectivity index is 2.00. The first kappa shape index (κ1) is 17.3. The highest BCUT2D eigenvalue weighted by Crippen LogP contribution is 2.30. The number of halogens is 3. The fraction of sp³-hybridized carbons (Fsp3) is 0.500. The maximum Gasteiger partial charge on any atom is 0.416 e. The molecule has 4 nitrogen and oxygen atoms in total. The third kappa shape index (κ3) is 4.24. The van der Waals surface area contributed by atoms with E-state index in [1.54, 1.807) is 13.0 Å². The van der Waals surface area contributed by atoms with Gasteiger partial charge in [-0.15, -0.1) is 0 Å². The summed E-state index contributed by atoms with van der Waals surface area (Å²) in [5.41, 5.74) is -0.295. The predicted octanol–water partition coefficient (Wildman–Crippen LogP) is 2.82. The van der Waals surface area contributed by atoms with Crippen LogP contribution in [0.2, 0.25) is 0 Å². The Morgan fingerprint density at radius 1 is 1.39 bits per heavy atom. The molecule has 0 radical (unpaired) electrons. The molecule has 126 valence electrons. The minimum absolute atomic E-state index is 0.168. The molecule has 1 aromatic rings. The maximum absolute atomic E-state index is 12.7. The van der Waals surface area contributed by atoms with Crippen molar-refractivity contribution in [1.82, 2.24) is 4.90 Å². The Kier molecular flexibility index (Phi) is 4.97. The zero-order valence-electron chi connectivity index (χ0n) is 12.6. The molecule has 1 amide bonds. The number of hydrogen-bond donors (Lipinski definition) is 1. The third-order valence-corrected chi connectivity index (χ3v) is 4.07. The summed E-state index contributed by atoms with van der Waals surface area (Å²) in [6.45, 7) is 2.19. The van der Waals surface area contributed by atoms with Gasteiger partial charge in [-0.3, -0.25) is 9.59 Å². The van der Waals surface area contributed by atoms with Gasteiger partial charge >= 0.3 is 12.1 Å². The Labute approximate surface area is 131 Å². The van der Waals surface area contributed by atoms with Gasteiger partial charge in [0.25, 0.3) is 0 Å². The summed E-state index contributed by atoms with van der Waals surface area (Å²) in [5.74, 6) is -2.19. The molecule has 0 aliphatic carbocycles. The summed E-state index contributed by atoms with van der Waals surface area (Å²) in [7, 11) is 0. The molecule has 0 unspecified atom stereocenters. The van der Waals surface area contributed by atoms with E-state index in [1.807, 2.05) is 0 Å². The van der Waals surface area contributed by atoms with E-state index in [1.165, 1.54) is 11.0 Å². The van der Waals surface area contributed by atoms with Crippen LogP contribution >= 0.6 is 0 Å². The molecule has 1 saturated heterocycles. The number of nitrogens with zero attached hydrogens (tertiary/aromatic N) is 1. The number of carbonyl (C=O) groups excluding carboxylic acids is 1. The molecule has 2 rings (SSSR count). The van der Waals surface area contributed by atoms with Gasteiger partial charge in [-0.2, -0.15) is 13.2 Å². The molecule has 1 aromatic carbocycles. The van der Waals surface area contributed by atoms with Crippen molar-refractivity contribution in [2.24, 2.45) is 11.8 Å². The standard InChI is InChI=1S/C16H18F3NO3/c1-10(14(21)20-6-5-12(9-20)15(22)23)7-11-3-2-4-13(8-11)16(17,18)19/h2-4,8,10,12H,5-7,9H2,1H3,(H,22,23)/t10-,12+/m1/s1. The molecule has 0 saturated carbocycles. The molecule has 0 aromatic heterocycles. The van der Waals surface area contributed by atoms with Crippen molar-refractivity contribution < 1.29 is 27.9 Å². The molecule has 1 N–H and O–H groups in total. The number of benzene rings is 1. The number of carbonyl (C=O) groups is 2. The summed E-state index contributed by atoms with van der Waals surface area (Å²) in [6.07, 6.45) is -3.80. The van der Waals surface area contributed by atoms with Crippen LogP contribution in [0.5, 0.6) is 0 Å². The van der Waals surface area contributed by atoms with E-state index in [0.29, 0.717) is 18.5 Å². The van der Waals surface area contributed by atoms with Crippen LogP contribution in [-0.4, -0.2) is 35.0 Å². The van der Waals surface area contributed by atoms with Gasteiger partial charge in [0, 0.05) is 19.0 Å². The van der Waals surface area contributed by atoms with Crippen LogP contribution in [0.25, 0.3) is 0 Å². The second-order valence-corrected chi connectivity index (χ2v) is 5.91. The van der Waals surface area contributed by atoms with Crippen LogP contribution in [-0.2, 0) is 22.2 Å². The molecule has 1 aliphatic heterocycles. The van der Waals surface area contributed by atoms with Crippen LogP contribution in [0, 0.1) is 11.8 Å². The van der Waals surface area contributed by atoms with E-state index in [2.05, 4.69) is 0 Å². The molecule has 7 heteroatoms. The zero-order chi connectivity index (χ0) is 17.2. The molecule has 0 spiro atoms. The Morgan fingerprint density at radius 2 is 2.09 bits per heavy atom. The predicted molar refractivity (Wildman–Crippen MR) is 76.6 cm³/mol. The molecule has 23 heavy (non-hydrogen) atoms. The monoisotopic (exact) mass is 329 g/mol. The van der Waals surface area contributed by atoms with E-state index < -0.39 is 29.5 Å². The van der Waals surface area contributed by atoms with Gasteiger partial charge in [0.2, 0.25) is 5.91 Å². The lowest BCUT2D eigenvalue weighted by atomic mass is 9.98. The topological polar surface area (TPSA) is 57.6 Å². The van der Waals surface area contributed by atoms with Crippen LogP contribution in [0.4, 0.5) is 13.2 Å². The van der Waals surface area contributed by atoms with E-state index in [-0.39, 0.29) is 18.9 Å². The van der Waals surface area contributed by atoms with Gasteiger partial charge in [-0.1, -0.05) is 25.1 Å². The summed E-state index contributed by atoms with van der Waals surface area (Å²) >= 11 is 0. The summed E-state index contributed by atoms with van der Waals surface area (Å²) in [4.78, 5) is 24.7. The van der Waals surface area contributed by atoms with Crippen molar-refractivity contribution in [3.8, 4) is 0 Å². The minimum Gasteiger partial charge on any atom is -0.481 e. The Hall–Kier alpha value is -2.05. The van der Waals surface area contributed by atoms with Gasteiger partial charge in [-0.05, 0) is 24.5 Å². The molecule has 1 aliphatic rings. The molecule has 2 atom stereocenters. The van der Waals surface area contributed by atoms with Crippen LogP contribution in [0.15, 0.2) is 24.3 Å². The van der Waals surface area contributed by atoms with E-state index >= 15 is 0 Å². The van der Waals surface area contributed by atoms with E-state index in [0.717, 1.165) is 12.1 Å². The first-order valence-electron chi connectivity index (χ1n) is 7.36. The second kappa shape index (κ2) is 6.60. The van der Waals surface area contributed by atoms with Gasteiger partial charge in [0.05, 0.1) is 11.5 Å². The number of rotatable bonds is 4. The number of alkyl halides is 3. The van der Waals surface area contributed by atoms with Crippen molar-refractivity contribution in [3.63, 3.8) is 0 Å².